The van der Waals surface area contributed by atoms with Crippen molar-refractivity contribution in [3.63, 3.8) is 0 Å². The number of hydrogen-bond donors (Lipinski definition) is 1. The summed E-state index contributed by atoms with van der Waals surface area (Å²) in [4.78, 5) is 12.1. The average Bonchev–Trinajstić information content (AvgIpc) is 3.63. The first kappa shape index (κ1) is 31.9. The Balaban J connectivity index is 0.996. The summed E-state index contributed by atoms with van der Waals surface area (Å²) >= 11 is 0. The van der Waals surface area contributed by atoms with Crippen LogP contribution in [-0.2, 0) is 0 Å². The fourth-order valence-corrected chi connectivity index (χ4v) is 8.25. The van der Waals surface area contributed by atoms with Gasteiger partial charge in [-0.25, -0.2) is 9.98 Å². The molecule has 56 heavy (non-hydrogen) atoms. The molecule has 9 aromatic carbocycles. The van der Waals surface area contributed by atoms with Gasteiger partial charge >= 0.3 is 0 Å². The maximum atomic E-state index is 9.04. The van der Waals surface area contributed by atoms with E-state index in [9.17, 15) is 0 Å². The molecule has 0 saturated heterocycles. The third-order valence-corrected chi connectivity index (χ3v) is 10.9. The van der Waals surface area contributed by atoms with Crippen LogP contribution in [0.2, 0.25) is 0 Å². The van der Waals surface area contributed by atoms with E-state index in [2.05, 4.69) is 114 Å². The lowest BCUT2D eigenvalue weighted by atomic mass is 9.89. The Morgan fingerprint density at radius 3 is 2.07 bits per heavy atom. The van der Waals surface area contributed by atoms with Gasteiger partial charge in [-0.15, -0.1) is 0 Å². The second kappa shape index (κ2) is 12.8. The van der Waals surface area contributed by atoms with Crippen molar-refractivity contribution in [2.24, 2.45) is 9.98 Å². The summed E-state index contributed by atoms with van der Waals surface area (Å²) in [5.41, 5.74) is 10.0. The first-order chi connectivity index (χ1) is 27.7. The molecule has 1 N–H and O–H groups in total. The summed E-state index contributed by atoms with van der Waals surface area (Å²) in [5.74, 6) is 0.591. The van der Waals surface area contributed by atoms with Gasteiger partial charge < -0.3 is 9.32 Å². The number of rotatable bonds is 4. The van der Waals surface area contributed by atoms with Crippen molar-refractivity contribution < 1.29 is 4.42 Å². The van der Waals surface area contributed by atoms with Gasteiger partial charge in [0.05, 0.1) is 17.1 Å². The fraction of sp³-hybridized carbons (Fsp3) is 0. The summed E-state index contributed by atoms with van der Waals surface area (Å²) in [5, 5.41) is 18.2. The molecule has 0 amide bonds. The highest BCUT2D eigenvalue weighted by atomic mass is 16.3. The Hall–Kier alpha value is -7.63. The molecule has 0 fully saturated rings. The second-order valence-electron chi connectivity index (χ2n) is 14.2. The summed E-state index contributed by atoms with van der Waals surface area (Å²) in [6, 6.07) is 63.1. The van der Waals surface area contributed by atoms with E-state index in [0.29, 0.717) is 11.4 Å². The molecule has 1 aliphatic rings. The van der Waals surface area contributed by atoms with Gasteiger partial charge in [0, 0.05) is 44.4 Å². The molecule has 0 spiro atoms. The highest BCUT2D eigenvalue weighted by Gasteiger charge is 2.27. The number of aliphatic imine (C=N–C) groups is 2. The van der Waals surface area contributed by atoms with Gasteiger partial charge in [-0.1, -0.05) is 127 Å². The van der Waals surface area contributed by atoms with E-state index in [1.807, 2.05) is 79.0 Å². The number of para-hydroxylation sites is 1. The number of furan rings is 1. The molecule has 0 atom stereocenters. The lowest BCUT2D eigenvalue weighted by Gasteiger charge is -2.34. The topological polar surface area (TPSA) is 65.0 Å². The lowest BCUT2D eigenvalue weighted by Crippen LogP contribution is -2.15. The third kappa shape index (κ3) is 5.21. The summed E-state index contributed by atoms with van der Waals surface area (Å²) in [6.45, 7) is 0. The Morgan fingerprint density at radius 1 is 0.482 bits per heavy atom. The van der Waals surface area contributed by atoms with E-state index in [1.165, 1.54) is 44.0 Å². The number of nitrogens with one attached hydrogen (secondary N) is 1. The molecule has 262 valence electrons. The molecule has 0 radical (unpaired) electrons. The maximum absolute atomic E-state index is 9.04. The zero-order valence-electron chi connectivity index (χ0n) is 30.1. The quantitative estimate of drug-likeness (QED) is 0.146. The fourth-order valence-electron chi connectivity index (χ4n) is 8.25. The van der Waals surface area contributed by atoms with Crippen molar-refractivity contribution in [3.05, 3.63) is 199 Å². The van der Waals surface area contributed by atoms with Crippen LogP contribution in [0, 0.1) is 5.41 Å². The molecule has 1 aliphatic heterocycles. The van der Waals surface area contributed by atoms with E-state index < -0.39 is 0 Å². The van der Waals surface area contributed by atoms with Crippen LogP contribution >= 0.6 is 0 Å². The molecule has 0 saturated carbocycles. The molecule has 0 aliphatic carbocycles. The molecule has 0 bridgehead atoms. The molecule has 5 heteroatoms. The second-order valence-corrected chi connectivity index (χ2v) is 14.2. The number of nitrogens with zero attached hydrogens (tertiary/aromatic N) is 3. The maximum Gasteiger partial charge on any atom is 0.161 e. The van der Waals surface area contributed by atoms with Crippen LogP contribution in [0.4, 0.5) is 17.1 Å². The standard InChI is InChI=1S/C51H32N4O/c52-50(38-24-26-48-43(29-38)40-18-6-7-22-47(40)56-48)54-51(34-11-2-1-3-12-34)53-31-32-23-25-39-37(27-32)17-10-20-44(39)55-45-21-9-16-33-15-8-19-41(49(33)45)42-28-35-13-4-5-14-36(35)30-46(42)55/h1-31,52H/b52-50?,53-31+,54-51-. The minimum absolute atomic E-state index is 0.127. The lowest BCUT2D eigenvalue weighted by molar-refractivity contribution is 0.669. The molecule has 11 rings (SSSR count). The Labute approximate surface area is 322 Å². The summed E-state index contributed by atoms with van der Waals surface area (Å²) in [7, 11) is 0. The predicted octanol–water partition coefficient (Wildman–Crippen LogP) is 13.4. The molecular formula is C51H32N4O. The van der Waals surface area contributed by atoms with E-state index in [-0.39, 0.29) is 5.84 Å². The number of amidine groups is 2. The molecular weight excluding hydrogens is 685 g/mol. The van der Waals surface area contributed by atoms with Crippen molar-refractivity contribution in [1.29, 1.82) is 5.41 Å². The normalized spacial score (nSPS) is 12.7. The third-order valence-electron chi connectivity index (χ3n) is 10.9. The summed E-state index contributed by atoms with van der Waals surface area (Å²) < 4.78 is 6.02. The van der Waals surface area contributed by atoms with Crippen molar-refractivity contribution in [3.8, 4) is 11.1 Å². The van der Waals surface area contributed by atoms with E-state index in [4.69, 9.17) is 19.8 Å². The SMILES string of the molecule is N=C(/N=C(\N=C\c1ccc2c(N3c4cc5ccccc5cc4-c4cccc5cccc3c45)cccc2c1)c1ccccc1)c1ccc2oc3ccccc3c2c1. The Bertz CT molecular complexity index is 3280. The van der Waals surface area contributed by atoms with Crippen LogP contribution in [-0.4, -0.2) is 17.9 Å². The van der Waals surface area contributed by atoms with Crippen LogP contribution < -0.4 is 4.90 Å². The smallest absolute Gasteiger partial charge is 0.161 e. The van der Waals surface area contributed by atoms with Crippen LogP contribution in [0.3, 0.4) is 0 Å². The van der Waals surface area contributed by atoms with Gasteiger partial charge in [-0.3, -0.25) is 5.41 Å². The molecule has 1 aromatic heterocycles. The van der Waals surface area contributed by atoms with Crippen molar-refractivity contribution in [2.45, 2.75) is 0 Å². The van der Waals surface area contributed by atoms with Crippen LogP contribution in [0.15, 0.2) is 196 Å². The highest BCUT2D eigenvalue weighted by Crippen LogP contribution is 2.53. The number of anilines is 3. The monoisotopic (exact) mass is 716 g/mol. The molecule has 10 aromatic rings. The minimum atomic E-state index is 0.127. The first-order valence-corrected chi connectivity index (χ1v) is 18.7. The van der Waals surface area contributed by atoms with Crippen LogP contribution in [0.1, 0.15) is 16.7 Å². The molecule has 5 nitrogen and oxygen atoms in total. The van der Waals surface area contributed by atoms with Gasteiger partial charge in [-0.05, 0) is 87.3 Å². The Kier molecular flexibility index (Phi) is 7.25. The zero-order chi connectivity index (χ0) is 37.2. The van der Waals surface area contributed by atoms with Gasteiger partial charge in [-0.2, -0.15) is 0 Å². The van der Waals surface area contributed by atoms with Crippen molar-refractivity contribution >= 4 is 89.2 Å². The van der Waals surface area contributed by atoms with Crippen molar-refractivity contribution in [1.82, 2.24) is 0 Å². The first-order valence-electron chi connectivity index (χ1n) is 18.7. The van der Waals surface area contributed by atoms with E-state index in [1.54, 1.807) is 0 Å². The van der Waals surface area contributed by atoms with Crippen LogP contribution in [0.25, 0.3) is 65.4 Å². The summed E-state index contributed by atoms with van der Waals surface area (Å²) in [6.07, 6.45) is 1.84. The Morgan fingerprint density at radius 2 is 1.20 bits per heavy atom. The predicted molar refractivity (Wildman–Crippen MR) is 234 cm³/mol. The number of benzene rings is 9. The van der Waals surface area contributed by atoms with Gasteiger partial charge in [0.25, 0.3) is 0 Å². The zero-order valence-corrected chi connectivity index (χ0v) is 30.1. The average molecular weight is 717 g/mol. The largest absolute Gasteiger partial charge is 0.456 e. The van der Waals surface area contributed by atoms with Crippen molar-refractivity contribution in [2.75, 3.05) is 4.90 Å². The van der Waals surface area contributed by atoms with Crippen LogP contribution in [0.5, 0.6) is 0 Å². The molecule has 0 unspecified atom stereocenters. The van der Waals surface area contributed by atoms with E-state index >= 15 is 0 Å². The highest BCUT2D eigenvalue weighted by molar-refractivity contribution is 6.18. The minimum Gasteiger partial charge on any atom is -0.456 e. The van der Waals surface area contributed by atoms with Gasteiger partial charge in [0.15, 0.2) is 11.7 Å². The number of hydrogen-bond acceptors (Lipinski definition) is 3. The van der Waals surface area contributed by atoms with Gasteiger partial charge in [0.1, 0.15) is 11.2 Å². The van der Waals surface area contributed by atoms with E-state index in [0.717, 1.165) is 49.5 Å². The van der Waals surface area contributed by atoms with Gasteiger partial charge in [0.2, 0.25) is 0 Å². The molecule has 2 heterocycles. The number of fused-ring (bicyclic) bond motifs is 7.